The van der Waals surface area contributed by atoms with E-state index in [4.69, 9.17) is 18.9 Å². The van der Waals surface area contributed by atoms with Crippen LogP contribution in [-0.4, -0.2) is 64.2 Å². The van der Waals surface area contributed by atoms with Gasteiger partial charge in [0, 0.05) is 31.1 Å². The summed E-state index contributed by atoms with van der Waals surface area (Å²) in [6, 6.07) is 13.4. The lowest BCUT2D eigenvalue weighted by Crippen LogP contribution is -2.56. The maximum atomic E-state index is 14.0. The predicted molar refractivity (Wildman–Crippen MR) is 163 cm³/mol. The van der Waals surface area contributed by atoms with Gasteiger partial charge in [0.05, 0.1) is 28.4 Å². The smallest absolute Gasteiger partial charge is 0.317 e. The summed E-state index contributed by atoms with van der Waals surface area (Å²) in [7, 11) is 6.18. The Labute approximate surface area is 254 Å². The first-order valence-electron chi connectivity index (χ1n) is 14.8. The molecule has 0 bridgehead atoms. The quantitative estimate of drug-likeness (QED) is 0.356. The van der Waals surface area contributed by atoms with Crippen molar-refractivity contribution >= 4 is 17.8 Å². The van der Waals surface area contributed by atoms with Crippen molar-refractivity contribution in [2.75, 3.05) is 41.5 Å². The number of piperidine rings is 1. The summed E-state index contributed by atoms with van der Waals surface area (Å²) >= 11 is 0. The summed E-state index contributed by atoms with van der Waals surface area (Å²) in [6.45, 7) is 5.00. The summed E-state index contributed by atoms with van der Waals surface area (Å²) in [4.78, 5) is 42.5. The summed E-state index contributed by atoms with van der Waals surface area (Å²) in [6.07, 6.45) is 4.64. The first kappa shape index (κ1) is 31.9. The van der Waals surface area contributed by atoms with Gasteiger partial charge in [-0.1, -0.05) is 44.2 Å². The number of nitrogens with zero attached hydrogens (tertiary/aromatic N) is 1. The maximum absolute atomic E-state index is 14.0. The molecule has 1 saturated heterocycles. The average Bonchev–Trinajstić information content (AvgIpc) is 3.00. The SMILES string of the molecule is COC(=O)[C@@]12C[C@@H](CC(=O)NCCc3ccccc3OC)C(=O)N(CCc3ccc(OC)c(OC)c3)C1=CCC(C)(C)C2. The number of allylic oxidation sites excluding steroid dienone is 1. The van der Waals surface area contributed by atoms with Gasteiger partial charge in [-0.15, -0.1) is 0 Å². The molecule has 1 aliphatic heterocycles. The van der Waals surface area contributed by atoms with Crippen molar-refractivity contribution in [2.24, 2.45) is 16.7 Å². The van der Waals surface area contributed by atoms with Crippen molar-refractivity contribution in [3.8, 4) is 17.2 Å². The second kappa shape index (κ2) is 13.5. The molecule has 1 heterocycles. The van der Waals surface area contributed by atoms with Crippen LogP contribution >= 0.6 is 0 Å². The number of benzene rings is 2. The van der Waals surface area contributed by atoms with Crippen LogP contribution in [0.25, 0.3) is 0 Å². The molecule has 0 spiro atoms. The molecule has 2 atom stereocenters. The van der Waals surface area contributed by atoms with E-state index in [9.17, 15) is 14.4 Å². The predicted octanol–water partition coefficient (Wildman–Crippen LogP) is 4.72. The number of hydrogen-bond acceptors (Lipinski definition) is 7. The Bertz CT molecular complexity index is 1370. The summed E-state index contributed by atoms with van der Waals surface area (Å²) in [5, 5.41) is 2.97. The molecule has 0 unspecified atom stereocenters. The van der Waals surface area contributed by atoms with Crippen LogP contribution in [0.1, 0.15) is 50.7 Å². The zero-order chi connectivity index (χ0) is 31.2. The van der Waals surface area contributed by atoms with Crippen molar-refractivity contribution in [3.05, 3.63) is 65.4 Å². The normalized spacial score (nSPS) is 20.9. The van der Waals surface area contributed by atoms with Gasteiger partial charge in [0.1, 0.15) is 11.2 Å². The van der Waals surface area contributed by atoms with Gasteiger partial charge in [-0.3, -0.25) is 14.4 Å². The van der Waals surface area contributed by atoms with Crippen molar-refractivity contribution in [2.45, 2.75) is 52.4 Å². The molecule has 232 valence electrons. The van der Waals surface area contributed by atoms with Crippen LogP contribution in [0.15, 0.2) is 54.2 Å². The Balaban J connectivity index is 1.56. The highest BCUT2D eigenvalue weighted by Gasteiger charge is 2.57. The van der Waals surface area contributed by atoms with Gasteiger partial charge in [0.25, 0.3) is 0 Å². The monoisotopic (exact) mass is 592 g/mol. The Morgan fingerprint density at radius 3 is 2.37 bits per heavy atom. The third kappa shape index (κ3) is 6.98. The van der Waals surface area contributed by atoms with Gasteiger partial charge in [-0.25, -0.2) is 0 Å². The van der Waals surface area contributed by atoms with Gasteiger partial charge in [0.2, 0.25) is 11.8 Å². The first-order chi connectivity index (χ1) is 20.6. The van der Waals surface area contributed by atoms with Crippen LogP contribution in [0.3, 0.4) is 0 Å². The molecule has 1 aliphatic carbocycles. The van der Waals surface area contributed by atoms with Crippen molar-refractivity contribution in [3.63, 3.8) is 0 Å². The number of para-hydroxylation sites is 1. The molecule has 1 N–H and O–H groups in total. The molecule has 9 heteroatoms. The average molecular weight is 593 g/mol. The molecule has 2 aromatic carbocycles. The lowest BCUT2D eigenvalue weighted by atomic mass is 9.59. The zero-order valence-electron chi connectivity index (χ0n) is 26.2. The third-order valence-electron chi connectivity index (χ3n) is 8.61. The van der Waals surface area contributed by atoms with Gasteiger partial charge in [0.15, 0.2) is 11.5 Å². The Morgan fingerprint density at radius 2 is 1.67 bits per heavy atom. The lowest BCUT2D eigenvalue weighted by Gasteiger charge is -2.51. The van der Waals surface area contributed by atoms with Crippen LogP contribution in [-0.2, 0) is 32.0 Å². The summed E-state index contributed by atoms with van der Waals surface area (Å²) in [5.74, 6) is 0.595. The molecular weight excluding hydrogens is 548 g/mol. The molecule has 2 aromatic rings. The first-order valence-corrected chi connectivity index (χ1v) is 14.8. The van der Waals surface area contributed by atoms with Gasteiger partial charge in [-0.2, -0.15) is 0 Å². The van der Waals surface area contributed by atoms with E-state index >= 15 is 0 Å². The summed E-state index contributed by atoms with van der Waals surface area (Å²) in [5.41, 5.74) is 1.46. The van der Waals surface area contributed by atoms with Crippen LogP contribution in [0, 0.1) is 16.7 Å². The van der Waals surface area contributed by atoms with Crippen molar-refractivity contribution in [1.29, 1.82) is 0 Å². The Kier molecular flexibility index (Phi) is 10.0. The van der Waals surface area contributed by atoms with E-state index in [1.54, 1.807) is 26.2 Å². The summed E-state index contributed by atoms with van der Waals surface area (Å²) < 4.78 is 21.6. The fourth-order valence-electron chi connectivity index (χ4n) is 6.60. The fourth-order valence-corrected chi connectivity index (χ4v) is 6.60. The van der Waals surface area contributed by atoms with E-state index in [0.29, 0.717) is 49.5 Å². The molecule has 0 saturated carbocycles. The highest BCUT2D eigenvalue weighted by molar-refractivity contribution is 5.92. The molecule has 0 radical (unpaired) electrons. The largest absolute Gasteiger partial charge is 0.496 e. The second-order valence-electron chi connectivity index (χ2n) is 12.2. The van der Waals surface area contributed by atoms with Crippen LogP contribution < -0.4 is 19.5 Å². The number of nitrogens with one attached hydrogen (secondary N) is 1. The van der Waals surface area contributed by atoms with Gasteiger partial charge in [-0.05, 0) is 66.8 Å². The minimum absolute atomic E-state index is 0.00985. The molecule has 43 heavy (non-hydrogen) atoms. The second-order valence-corrected chi connectivity index (χ2v) is 12.2. The Hall–Kier alpha value is -4.01. The molecule has 0 aromatic heterocycles. The number of rotatable bonds is 12. The van der Waals surface area contributed by atoms with Crippen LogP contribution in [0.2, 0.25) is 0 Å². The van der Waals surface area contributed by atoms with Gasteiger partial charge < -0.3 is 29.2 Å². The zero-order valence-corrected chi connectivity index (χ0v) is 26.2. The van der Waals surface area contributed by atoms with Crippen LogP contribution in [0.5, 0.6) is 17.2 Å². The maximum Gasteiger partial charge on any atom is 0.317 e. The van der Waals surface area contributed by atoms with Crippen molar-refractivity contribution < 1.29 is 33.3 Å². The lowest BCUT2D eigenvalue weighted by molar-refractivity contribution is -0.162. The molecule has 9 nitrogen and oxygen atoms in total. The number of ether oxygens (including phenoxy) is 4. The highest BCUT2D eigenvalue weighted by Crippen LogP contribution is 2.54. The molecular formula is C34H44N2O7. The number of esters is 1. The molecule has 4 rings (SSSR count). The number of methoxy groups -OCH3 is 4. The highest BCUT2D eigenvalue weighted by atomic mass is 16.5. The van der Waals surface area contributed by atoms with E-state index in [-0.39, 0.29) is 36.0 Å². The van der Waals surface area contributed by atoms with E-state index in [1.807, 2.05) is 48.5 Å². The number of carbonyl (C=O) groups excluding carboxylic acids is 3. The topological polar surface area (TPSA) is 103 Å². The molecule has 1 fully saturated rings. The number of amides is 2. The molecule has 2 aliphatic rings. The van der Waals surface area contributed by atoms with E-state index in [2.05, 4.69) is 19.2 Å². The minimum Gasteiger partial charge on any atom is -0.496 e. The van der Waals surface area contributed by atoms with Crippen molar-refractivity contribution in [1.82, 2.24) is 10.2 Å². The van der Waals surface area contributed by atoms with Crippen LogP contribution in [0.4, 0.5) is 0 Å². The Morgan fingerprint density at radius 1 is 0.953 bits per heavy atom. The number of hydrogen-bond donors (Lipinski definition) is 1. The number of likely N-dealkylation sites (tertiary alicyclic amines) is 1. The fraction of sp³-hybridized carbons (Fsp3) is 0.500. The number of carbonyl (C=O) groups is 3. The van der Waals surface area contributed by atoms with E-state index < -0.39 is 11.3 Å². The van der Waals surface area contributed by atoms with E-state index in [0.717, 1.165) is 23.3 Å². The third-order valence-corrected chi connectivity index (χ3v) is 8.61. The van der Waals surface area contributed by atoms with Gasteiger partial charge >= 0.3 is 5.97 Å². The molecule has 2 amide bonds. The van der Waals surface area contributed by atoms with E-state index in [1.165, 1.54) is 7.11 Å². The standard InChI is InChI=1S/C34H44N2O7/c1-33(2)16-13-29-34(22-33,32(39)43-6)21-25(20-30(37)35-17-14-24-9-7-8-10-26(24)40-3)31(38)36(29)18-15-23-11-12-27(41-4)28(19-23)42-5/h7-13,19,25H,14-18,20-22H2,1-6H3,(H,35,37)/t25-,34-/m1/s1. The minimum atomic E-state index is -1.01. The number of fused-ring (bicyclic) bond motifs is 1.